The van der Waals surface area contributed by atoms with Gasteiger partial charge in [0.2, 0.25) is 0 Å². The van der Waals surface area contributed by atoms with Crippen LogP contribution in [0.1, 0.15) is 6.23 Å². The van der Waals surface area contributed by atoms with Crippen LogP contribution in [0.4, 0.5) is 5.82 Å². The summed E-state index contributed by atoms with van der Waals surface area (Å²) in [7, 11) is -9.90. The van der Waals surface area contributed by atoms with Gasteiger partial charge in [0.1, 0.15) is 30.2 Å². The number of aliphatic hydroxyl groups excluding tert-OH is 2. The van der Waals surface area contributed by atoms with E-state index in [1.807, 2.05) is 0 Å². The molecule has 0 aromatic carbocycles. The standard InChI is InChI=1S/C11H17N5O10P2S/c1-29-26-28(22,25-27(19,20)21)23-2-5-7(17)8(18)11(24-5)16-4-15-6-9(12)13-3-14-10(6)16/h3-5,7-8,11,17-18H,2H2,1H3,(H2,12,13,14)(H2,19,20,21)/t5-,7-,8-,11-,28?/m1/s1. The van der Waals surface area contributed by atoms with Crippen LogP contribution in [0.2, 0.25) is 0 Å². The van der Waals surface area contributed by atoms with Gasteiger partial charge in [0.05, 0.1) is 12.9 Å². The second-order valence-corrected chi connectivity index (χ2v) is 9.40. The van der Waals surface area contributed by atoms with Crippen molar-refractivity contribution in [3.63, 3.8) is 0 Å². The van der Waals surface area contributed by atoms with Gasteiger partial charge in [-0.2, -0.15) is 4.31 Å². The van der Waals surface area contributed by atoms with Gasteiger partial charge in [-0.3, -0.25) is 9.09 Å². The summed E-state index contributed by atoms with van der Waals surface area (Å²) in [6.45, 7) is -0.684. The van der Waals surface area contributed by atoms with Crippen molar-refractivity contribution >= 4 is 44.7 Å². The Hall–Kier alpha value is -1.16. The molecule has 162 valence electrons. The maximum Gasteiger partial charge on any atom is 0.495 e. The van der Waals surface area contributed by atoms with Crippen LogP contribution in [0.25, 0.3) is 11.2 Å². The first kappa shape index (κ1) is 22.5. The molecule has 0 saturated carbocycles. The van der Waals surface area contributed by atoms with E-state index in [0.717, 1.165) is 0 Å². The number of aromatic nitrogens is 4. The molecule has 6 N–H and O–H groups in total. The fraction of sp³-hybridized carbons (Fsp3) is 0.545. The molecule has 3 heterocycles. The second-order valence-electron chi connectivity index (χ2n) is 5.69. The van der Waals surface area contributed by atoms with Crippen molar-refractivity contribution in [2.45, 2.75) is 24.5 Å². The van der Waals surface area contributed by atoms with Gasteiger partial charge in [0.15, 0.2) is 17.7 Å². The van der Waals surface area contributed by atoms with Gasteiger partial charge in [-0.05, 0) is 0 Å². The third-order valence-corrected chi connectivity index (χ3v) is 7.21. The van der Waals surface area contributed by atoms with Gasteiger partial charge in [-0.15, -0.1) is 0 Å². The van der Waals surface area contributed by atoms with E-state index < -0.39 is 46.8 Å². The summed E-state index contributed by atoms with van der Waals surface area (Å²) in [4.78, 5) is 29.5. The van der Waals surface area contributed by atoms with Gasteiger partial charge in [0.25, 0.3) is 0 Å². The molecule has 2 aromatic heterocycles. The predicted octanol–water partition coefficient (Wildman–Crippen LogP) is -0.444. The molecule has 5 atom stereocenters. The van der Waals surface area contributed by atoms with Crippen LogP contribution < -0.4 is 5.73 Å². The summed E-state index contributed by atoms with van der Waals surface area (Å²) in [6.07, 6.45) is -1.64. The molecule has 1 saturated heterocycles. The number of anilines is 1. The SMILES string of the molecule is CSOP(=O)(OC[C@H]1O[C@@H](n2cnc3c(N)ncnc32)[C@H](O)[C@@H]1O)OP(=O)(O)O. The molecule has 0 radical (unpaired) electrons. The highest BCUT2D eigenvalue weighted by molar-refractivity contribution is 7.97. The Kier molecular flexibility index (Phi) is 6.62. The quantitative estimate of drug-likeness (QED) is 0.242. The molecule has 1 aliphatic heterocycles. The zero-order valence-corrected chi connectivity index (χ0v) is 17.2. The summed E-state index contributed by atoms with van der Waals surface area (Å²) in [6, 6.07) is 0. The van der Waals surface area contributed by atoms with Gasteiger partial charge in [-0.25, -0.2) is 28.1 Å². The lowest BCUT2D eigenvalue weighted by Crippen LogP contribution is -2.33. The lowest BCUT2D eigenvalue weighted by Gasteiger charge is -2.19. The van der Waals surface area contributed by atoms with Crippen molar-refractivity contribution in [1.29, 1.82) is 0 Å². The number of nitrogen functional groups attached to an aromatic ring is 1. The van der Waals surface area contributed by atoms with E-state index in [1.54, 1.807) is 0 Å². The number of hydrogen-bond donors (Lipinski definition) is 5. The summed E-state index contributed by atoms with van der Waals surface area (Å²) in [5.41, 5.74) is 6.20. The van der Waals surface area contributed by atoms with E-state index in [9.17, 15) is 19.3 Å². The minimum absolute atomic E-state index is 0.103. The molecule has 15 nitrogen and oxygen atoms in total. The Bertz CT molecular complexity index is 971. The third-order valence-electron chi connectivity index (χ3n) is 3.77. The summed E-state index contributed by atoms with van der Waals surface area (Å²) in [5, 5.41) is 20.6. The highest BCUT2D eigenvalue weighted by Gasteiger charge is 2.46. The zero-order chi connectivity index (χ0) is 21.4. The average Bonchev–Trinajstić information content (AvgIpc) is 3.15. The maximum absolute atomic E-state index is 12.3. The molecule has 0 spiro atoms. The van der Waals surface area contributed by atoms with E-state index in [1.165, 1.54) is 23.5 Å². The normalized spacial score (nSPS) is 27.3. The fourth-order valence-electron chi connectivity index (χ4n) is 2.60. The van der Waals surface area contributed by atoms with Crippen molar-refractivity contribution in [2.75, 3.05) is 18.6 Å². The van der Waals surface area contributed by atoms with Gasteiger partial charge >= 0.3 is 15.6 Å². The maximum atomic E-state index is 12.3. The van der Waals surface area contributed by atoms with Crippen molar-refractivity contribution in [1.82, 2.24) is 19.5 Å². The number of imidazole rings is 1. The van der Waals surface area contributed by atoms with Crippen LogP contribution in [0.3, 0.4) is 0 Å². The summed E-state index contributed by atoms with van der Waals surface area (Å²) < 4.78 is 43.6. The van der Waals surface area contributed by atoms with Crippen molar-refractivity contribution in [3.05, 3.63) is 12.7 Å². The second kappa shape index (κ2) is 8.53. The molecule has 2 aromatic rings. The van der Waals surface area contributed by atoms with Crippen LogP contribution in [-0.4, -0.2) is 70.7 Å². The minimum atomic E-state index is -5.21. The number of ether oxygens (including phenoxy) is 1. The number of hydrogen-bond acceptors (Lipinski definition) is 13. The number of phosphoric acid groups is 2. The average molecular weight is 473 g/mol. The van der Waals surface area contributed by atoms with Gasteiger partial charge < -0.3 is 30.5 Å². The first-order valence-electron chi connectivity index (χ1n) is 7.73. The molecular formula is C11H17N5O10P2S. The third kappa shape index (κ3) is 4.95. The van der Waals surface area contributed by atoms with E-state index >= 15 is 0 Å². The first-order chi connectivity index (χ1) is 13.5. The van der Waals surface area contributed by atoms with Crippen molar-refractivity contribution in [2.24, 2.45) is 0 Å². The Balaban J connectivity index is 1.76. The lowest BCUT2D eigenvalue weighted by molar-refractivity contribution is -0.0498. The summed E-state index contributed by atoms with van der Waals surface area (Å²) >= 11 is 0.487. The molecule has 1 aliphatic rings. The molecule has 0 bridgehead atoms. The summed E-state index contributed by atoms with van der Waals surface area (Å²) in [5.74, 6) is 0.103. The number of aliphatic hydroxyl groups is 2. The molecule has 18 heteroatoms. The molecule has 0 amide bonds. The molecule has 1 fully saturated rings. The number of nitrogens with zero attached hydrogens (tertiary/aromatic N) is 4. The first-order valence-corrected chi connectivity index (χ1v) is 11.9. The van der Waals surface area contributed by atoms with Crippen LogP contribution in [0.5, 0.6) is 0 Å². The predicted molar refractivity (Wildman–Crippen MR) is 96.9 cm³/mol. The lowest BCUT2D eigenvalue weighted by atomic mass is 10.1. The number of fused-ring (bicyclic) bond motifs is 1. The Morgan fingerprint density at radius 2 is 2.00 bits per heavy atom. The van der Waals surface area contributed by atoms with E-state index in [2.05, 4.69) is 23.2 Å². The van der Waals surface area contributed by atoms with Crippen LogP contribution in [-0.2, 0) is 26.7 Å². The van der Waals surface area contributed by atoms with Gasteiger partial charge in [-0.1, -0.05) is 0 Å². The Morgan fingerprint density at radius 3 is 2.66 bits per heavy atom. The molecule has 3 rings (SSSR count). The molecular weight excluding hydrogens is 456 g/mol. The Morgan fingerprint density at radius 1 is 1.28 bits per heavy atom. The Labute approximate surface area is 167 Å². The van der Waals surface area contributed by atoms with Gasteiger partial charge in [0, 0.05) is 18.3 Å². The van der Waals surface area contributed by atoms with E-state index in [0.29, 0.717) is 12.0 Å². The highest BCUT2D eigenvalue weighted by Crippen LogP contribution is 2.62. The zero-order valence-electron chi connectivity index (χ0n) is 14.6. The topological polar surface area (TPSA) is 222 Å². The van der Waals surface area contributed by atoms with Crippen molar-refractivity contribution < 1.29 is 46.7 Å². The number of nitrogens with two attached hydrogens (primary N) is 1. The fourth-order valence-corrected chi connectivity index (χ4v) is 5.41. The largest absolute Gasteiger partial charge is 0.495 e. The highest BCUT2D eigenvalue weighted by atomic mass is 32.2. The molecule has 0 aliphatic carbocycles. The molecule has 1 unspecified atom stereocenters. The van der Waals surface area contributed by atoms with E-state index in [-0.39, 0.29) is 17.0 Å². The van der Waals surface area contributed by atoms with Crippen LogP contribution >= 0.6 is 27.7 Å². The minimum Gasteiger partial charge on any atom is -0.387 e. The van der Waals surface area contributed by atoms with Crippen molar-refractivity contribution in [3.8, 4) is 0 Å². The smallest absolute Gasteiger partial charge is 0.387 e. The van der Waals surface area contributed by atoms with Crippen LogP contribution in [0.15, 0.2) is 12.7 Å². The molecule has 29 heavy (non-hydrogen) atoms. The monoisotopic (exact) mass is 473 g/mol. The van der Waals surface area contributed by atoms with Crippen LogP contribution in [0, 0.1) is 0 Å². The van der Waals surface area contributed by atoms with E-state index in [4.69, 9.17) is 24.8 Å². The number of rotatable bonds is 8.